The molecule has 352 valence electrons. The lowest BCUT2D eigenvalue weighted by atomic mass is 10.0. The Morgan fingerprint density at radius 2 is 0.767 bits per heavy atom. The van der Waals surface area contributed by atoms with Crippen LogP contribution in [-0.4, -0.2) is 46.1 Å². The first-order valence-electron chi connectivity index (χ1n) is 26.4. The average Bonchev–Trinajstić information content (AvgIpc) is 3.24. The van der Waals surface area contributed by atoms with E-state index in [9.17, 15) is 20.1 Å². The van der Waals surface area contributed by atoms with Crippen LogP contribution in [0.3, 0.4) is 0 Å². The van der Waals surface area contributed by atoms with Crippen molar-refractivity contribution in [3.8, 4) is 0 Å². The van der Waals surface area contributed by atoms with Gasteiger partial charge in [0.15, 0.2) is 0 Å². The summed E-state index contributed by atoms with van der Waals surface area (Å²) in [5.74, 6) is -0.325. The topological polar surface area (TPSA) is 89.8 Å². The van der Waals surface area contributed by atoms with E-state index in [0.29, 0.717) is 6.42 Å². The number of aliphatic hydroxyl groups excluding tert-OH is 3. The minimum atomic E-state index is -0.954. The van der Waals surface area contributed by atoms with E-state index in [1.165, 1.54) is 205 Å². The molecule has 0 aliphatic heterocycles. The molecule has 60 heavy (non-hydrogen) atoms. The Kier molecular flexibility index (Phi) is 48.6. The van der Waals surface area contributed by atoms with Crippen LogP contribution in [-0.2, 0) is 4.79 Å². The predicted molar refractivity (Wildman–Crippen MR) is 264 cm³/mol. The smallest absolute Gasteiger partial charge is 0.222 e. The molecule has 0 rings (SSSR count). The van der Waals surface area contributed by atoms with Gasteiger partial charge in [-0.25, -0.2) is 0 Å². The molecule has 0 bridgehead atoms. The van der Waals surface area contributed by atoms with Crippen molar-refractivity contribution in [2.24, 2.45) is 0 Å². The Morgan fingerprint density at radius 3 is 1.17 bits per heavy atom. The van der Waals surface area contributed by atoms with Gasteiger partial charge in [-0.05, 0) is 64.2 Å². The molecule has 0 fully saturated rings. The Labute approximate surface area is 374 Å². The van der Waals surface area contributed by atoms with Gasteiger partial charge in [0, 0.05) is 0 Å². The standard InChI is InChI=1S/C55H103NO4/c1-3-5-7-9-11-13-15-17-19-21-23-24-25-26-27-28-29-30-31-32-34-36-38-40-42-44-46-48-52(58)50-55(60)56-53(51-57)54(59)49-47-45-43-41-39-37-35-33-22-20-18-16-14-12-10-8-6-4-2/h23-24,26-27,39,41,47,49,52-54,57-59H,3-22,25,28-38,40,42-46,48,50-51H2,1-2H3,(H,56,60)/b24-23-,27-26-,41-39+,49-47+. The lowest BCUT2D eigenvalue weighted by molar-refractivity contribution is -0.124. The summed E-state index contributed by atoms with van der Waals surface area (Å²) in [7, 11) is 0. The summed E-state index contributed by atoms with van der Waals surface area (Å²) in [4.78, 5) is 12.5. The van der Waals surface area contributed by atoms with Gasteiger partial charge in [-0.2, -0.15) is 0 Å². The van der Waals surface area contributed by atoms with E-state index in [0.717, 1.165) is 38.5 Å². The molecule has 0 aromatic heterocycles. The van der Waals surface area contributed by atoms with Crippen LogP contribution in [0.4, 0.5) is 0 Å². The van der Waals surface area contributed by atoms with Gasteiger partial charge in [-0.1, -0.05) is 249 Å². The molecule has 3 atom stereocenters. The number of hydrogen-bond donors (Lipinski definition) is 4. The van der Waals surface area contributed by atoms with Crippen LogP contribution in [0, 0.1) is 0 Å². The van der Waals surface area contributed by atoms with E-state index in [-0.39, 0.29) is 18.9 Å². The Balaban J connectivity index is 3.63. The summed E-state index contributed by atoms with van der Waals surface area (Å²) < 4.78 is 0. The van der Waals surface area contributed by atoms with Gasteiger partial charge in [0.2, 0.25) is 5.91 Å². The number of carbonyl (C=O) groups excluding carboxylic acids is 1. The minimum Gasteiger partial charge on any atom is -0.394 e. The molecule has 4 N–H and O–H groups in total. The van der Waals surface area contributed by atoms with E-state index in [2.05, 4.69) is 55.6 Å². The van der Waals surface area contributed by atoms with Crippen LogP contribution in [0.15, 0.2) is 48.6 Å². The molecular formula is C55H103NO4. The monoisotopic (exact) mass is 842 g/mol. The van der Waals surface area contributed by atoms with E-state index in [1.807, 2.05) is 6.08 Å². The van der Waals surface area contributed by atoms with Crippen molar-refractivity contribution >= 4 is 5.91 Å². The van der Waals surface area contributed by atoms with Gasteiger partial charge in [-0.15, -0.1) is 0 Å². The molecule has 0 radical (unpaired) electrons. The molecule has 0 spiro atoms. The number of nitrogens with one attached hydrogen (secondary N) is 1. The summed E-state index contributed by atoms with van der Waals surface area (Å²) in [5.41, 5.74) is 0. The molecule has 0 aliphatic carbocycles. The molecule has 0 saturated heterocycles. The van der Waals surface area contributed by atoms with E-state index in [1.54, 1.807) is 6.08 Å². The highest BCUT2D eigenvalue weighted by atomic mass is 16.3. The van der Waals surface area contributed by atoms with Crippen LogP contribution in [0.25, 0.3) is 0 Å². The molecule has 1 amide bonds. The van der Waals surface area contributed by atoms with Gasteiger partial charge in [0.05, 0.1) is 31.3 Å². The molecule has 0 aliphatic rings. The molecule has 0 aromatic carbocycles. The summed E-state index contributed by atoms with van der Waals surface area (Å²) in [6, 6.07) is -0.763. The number of unbranched alkanes of at least 4 members (excludes halogenated alkanes) is 33. The predicted octanol–water partition coefficient (Wildman–Crippen LogP) is 16.1. The fourth-order valence-corrected chi connectivity index (χ4v) is 8.03. The number of rotatable bonds is 48. The third kappa shape index (κ3) is 45.8. The normalized spacial score (nSPS) is 13.8. The zero-order valence-corrected chi connectivity index (χ0v) is 40.1. The maximum atomic E-state index is 12.5. The van der Waals surface area contributed by atoms with Crippen molar-refractivity contribution in [1.29, 1.82) is 0 Å². The first kappa shape index (κ1) is 58.3. The number of allylic oxidation sites excluding steroid dienone is 7. The highest BCUT2D eigenvalue weighted by molar-refractivity contribution is 5.76. The second-order valence-corrected chi connectivity index (χ2v) is 18.1. The van der Waals surface area contributed by atoms with Crippen LogP contribution < -0.4 is 5.32 Å². The molecular weight excluding hydrogens is 739 g/mol. The van der Waals surface area contributed by atoms with E-state index >= 15 is 0 Å². The number of carbonyl (C=O) groups is 1. The zero-order chi connectivity index (χ0) is 43.7. The number of hydrogen-bond acceptors (Lipinski definition) is 4. The fraction of sp³-hybridized carbons (Fsp3) is 0.836. The van der Waals surface area contributed by atoms with Crippen molar-refractivity contribution in [3.05, 3.63) is 48.6 Å². The Bertz CT molecular complexity index is 974. The third-order valence-corrected chi connectivity index (χ3v) is 12.1. The summed E-state index contributed by atoms with van der Waals surface area (Å²) in [6.07, 6.45) is 65.7. The highest BCUT2D eigenvalue weighted by Crippen LogP contribution is 2.16. The van der Waals surface area contributed by atoms with Crippen molar-refractivity contribution in [2.45, 2.75) is 289 Å². The lowest BCUT2D eigenvalue weighted by Crippen LogP contribution is -2.45. The number of aliphatic hydroxyl groups is 3. The van der Waals surface area contributed by atoms with Crippen LogP contribution >= 0.6 is 0 Å². The average molecular weight is 842 g/mol. The first-order valence-corrected chi connectivity index (χ1v) is 26.4. The van der Waals surface area contributed by atoms with Crippen molar-refractivity contribution in [2.75, 3.05) is 6.61 Å². The quantitative estimate of drug-likeness (QED) is 0.0363. The highest BCUT2D eigenvalue weighted by Gasteiger charge is 2.20. The second kappa shape index (κ2) is 50.0. The van der Waals surface area contributed by atoms with Crippen molar-refractivity contribution < 1.29 is 20.1 Å². The van der Waals surface area contributed by atoms with Gasteiger partial charge in [0.1, 0.15) is 0 Å². The molecule has 5 nitrogen and oxygen atoms in total. The lowest BCUT2D eigenvalue weighted by Gasteiger charge is -2.21. The summed E-state index contributed by atoms with van der Waals surface area (Å²) in [6.45, 7) is 4.22. The first-order chi connectivity index (χ1) is 29.5. The van der Waals surface area contributed by atoms with Crippen molar-refractivity contribution in [3.63, 3.8) is 0 Å². The third-order valence-electron chi connectivity index (χ3n) is 12.1. The van der Waals surface area contributed by atoms with Crippen LogP contribution in [0.1, 0.15) is 271 Å². The van der Waals surface area contributed by atoms with E-state index < -0.39 is 18.2 Å². The van der Waals surface area contributed by atoms with Crippen molar-refractivity contribution in [1.82, 2.24) is 5.32 Å². The van der Waals surface area contributed by atoms with E-state index in [4.69, 9.17) is 0 Å². The molecule has 0 heterocycles. The minimum absolute atomic E-state index is 0.00400. The van der Waals surface area contributed by atoms with Gasteiger partial charge in [0.25, 0.3) is 0 Å². The molecule has 5 heteroatoms. The van der Waals surface area contributed by atoms with Crippen LogP contribution in [0.2, 0.25) is 0 Å². The fourth-order valence-electron chi connectivity index (χ4n) is 8.03. The Morgan fingerprint density at radius 1 is 0.433 bits per heavy atom. The molecule has 0 saturated carbocycles. The SMILES string of the molecule is CCCCCCCCCCC/C=C\C/C=C\CCCCCCCCCCCCCC(O)CC(=O)NC(CO)C(O)/C=C/CC/C=C/CCCCCCCCCCCCCC. The van der Waals surface area contributed by atoms with Gasteiger partial charge < -0.3 is 20.6 Å². The molecule has 3 unspecified atom stereocenters. The number of amides is 1. The maximum Gasteiger partial charge on any atom is 0.222 e. The molecule has 0 aromatic rings. The second-order valence-electron chi connectivity index (χ2n) is 18.1. The largest absolute Gasteiger partial charge is 0.394 e. The Hall–Kier alpha value is -1.69. The summed E-state index contributed by atoms with van der Waals surface area (Å²) >= 11 is 0. The van der Waals surface area contributed by atoms with Gasteiger partial charge >= 0.3 is 0 Å². The maximum absolute atomic E-state index is 12.5. The van der Waals surface area contributed by atoms with Crippen LogP contribution in [0.5, 0.6) is 0 Å². The van der Waals surface area contributed by atoms with Gasteiger partial charge in [-0.3, -0.25) is 4.79 Å². The summed E-state index contributed by atoms with van der Waals surface area (Å²) in [5, 5.41) is 33.4. The zero-order valence-electron chi connectivity index (χ0n) is 40.1.